The van der Waals surface area contributed by atoms with Gasteiger partial charge in [-0.1, -0.05) is 36.0 Å². The minimum absolute atomic E-state index is 0.233. The summed E-state index contributed by atoms with van der Waals surface area (Å²) >= 11 is 1.03. The molecule has 0 radical (unpaired) electrons. The Hall–Kier alpha value is -3.98. The van der Waals surface area contributed by atoms with Gasteiger partial charge < -0.3 is 18.9 Å². The highest BCUT2D eigenvalue weighted by molar-refractivity contribution is 8.15. The minimum atomic E-state index is -0.382. The first-order valence-corrected chi connectivity index (χ1v) is 13.3. The molecule has 1 saturated heterocycles. The van der Waals surface area contributed by atoms with Crippen LogP contribution in [-0.2, 0) is 24.9 Å². The third kappa shape index (κ3) is 5.47. The summed E-state index contributed by atoms with van der Waals surface area (Å²) in [5, 5.41) is 1.65. The van der Waals surface area contributed by atoms with E-state index in [1.54, 1.807) is 0 Å². The van der Waals surface area contributed by atoms with Crippen molar-refractivity contribution in [3.8, 4) is 17.2 Å². The number of fused-ring (bicyclic) bond motifs is 1. The van der Waals surface area contributed by atoms with E-state index >= 15 is 0 Å². The molecule has 1 fully saturated rings. The van der Waals surface area contributed by atoms with Gasteiger partial charge in [0.2, 0.25) is 5.91 Å². The number of ether oxygens (including phenoxy) is 2. The van der Waals surface area contributed by atoms with E-state index in [1.807, 2.05) is 72.3 Å². The molecule has 5 rings (SSSR count). The van der Waals surface area contributed by atoms with Crippen LogP contribution in [0, 0.1) is 0 Å². The average molecular weight is 531 g/mol. The van der Waals surface area contributed by atoms with Gasteiger partial charge in [-0.05, 0) is 62.2 Å². The van der Waals surface area contributed by atoms with E-state index in [1.165, 1.54) is 0 Å². The summed E-state index contributed by atoms with van der Waals surface area (Å²) in [5.41, 5.74) is 3.82. The highest BCUT2D eigenvalue weighted by Crippen LogP contribution is 2.34. The first-order chi connectivity index (χ1) is 18.3. The number of anilines is 1. The van der Waals surface area contributed by atoms with Crippen molar-refractivity contribution in [3.63, 3.8) is 0 Å². The monoisotopic (exact) mass is 530 g/mol. The van der Waals surface area contributed by atoms with Crippen molar-refractivity contribution in [1.29, 1.82) is 0 Å². The molecule has 1 aromatic heterocycles. The number of imide groups is 1. The number of carbonyl (C=O) groups is 2. The lowest BCUT2D eigenvalue weighted by atomic mass is 10.1. The molecule has 8 nitrogen and oxygen atoms in total. The fourth-order valence-electron chi connectivity index (χ4n) is 4.26. The number of hydrogen-bond donors (Lipinski definition) is 1. The molecule has 0 saturated carbocycles. The van der Waals surface area contributed by atoms with Crippen LogP contribution >= 0.6 is 11.8 Å². The molecular formula is C29H30N4O4S. The predicted molar refractivity (Wildman–Crippen MR) is 150 cm³/mol. The first-order valence-electron chi connectivity index (χ1n) is 12.5. The number of imidazole rings is 1. The van der Waals surface area contributed by atoms with Gasteiger partial charge >= 0.3 is 0 Å². The lowest BCUT2D eigenvalue weighted by molar-refractivity contribution is -0.118. The molecule has 196 valence electrons. The molecule has 1 unspecified atom stereocenters. The fourth-order valence-corrected chi connectivity index (χ4v) is 5.12. The van der Waals surface area contributed by atoms with Crippen molar-refractivity contribution in [1.82, 2.24) is 14.9 Å². The zero-order valence-corrected chi connectivity index (χ0v) is 22.6. The molecule has 38 heavy (non-hydrogen) atoms. The van der Waals surface area contributed by atoms with Crippen LogP contribution in [0.2, 0.25) is 0 Å². The SMILES string of the molecule is CC(C)N(C)c1ccccc1Oc1ccc2nc(COc3ccc(CC4SC(=O)NC4=O)cc3)n(C)c2c1. The third-order valence-corrected chi connectivity index (χ3v) is 7.65. The summed E-state index contributed by atoms with van der Waals surface area (Å²) in [6.45, 7) is 4.60. The van der Waals surface area contributed by atoms with Gasteiger partial charge in [0.1, 0.15) is 23.9 Å². The molecule has 9 heteroatoms. The molecule has 0 bridgehead atoms. The van der Waals surface area contributed by atoms with E-state index in [2.05, 4.69) is 37.2 Å². The largest absolute Gasteiger partial charge is 0.486 e. The van der Waals surface area contributed by atoms with Crippen LogP contribution in [0.5, 0.6) is 17.2 Å². The molecule has 2 heterocycles. The maximum absolute atomic E-state index is 11.8. The van der Waals surface area contributed by atoms with E-state index in [0.717, 1.165) is 51.4 Å². The Morgan fingerprint density at radius 1 is 1.05 bits per heavy atom. The number of thioether (sulfide) groups is 1. The summed E-state index contributed by atoms with van der Waals surface area (Å²) in [5.74, 6) is 2.80. The molecule has 2 amide bonds. The topological polar surface area (TPSA) is 85.7 Å². The lowest BCUT2D eigenvalue weighted by Crippen LogP contribution is -2.25. The van der Waals surface area contributed by atoms with Gasteiger partial charge in [-0.2, -0.15) is 0 Å². The van der Waals surface area contributed by atoms with Crippen LogP contribution in [-0.4, -0.2) is 39.0 Å². The molecule has 3 aromatic carbocycles. The van der Waals surface area contributed by atoms with E-state index < -0.39 is 0 Å². The summed E-state index contributed by atoms with van der Waals surface area (Å²) < 4.78 is 14.3. The predicted octanol–water partition coefficient (Wildman–Crippen LogP) is 5.68. The van der Waals surface area contributed by atoms with Gasteiger partial charge in [0.25, 0.3) is 5.24 Å². The van der Waals surface area contributed by atoms with Crippen LogP contribution in [0.1, 0.15) is 25.2 Å². The number of aromatic nitrogens is 2. The molecule has 0 aliphatic carbocycles. The van der Waals surface area contributed by atoms with E-state index in [-0.39, 0.29) is 16.4 Å². The summed E-state index contributed by atoms with van der Waals surface area (Å²) in [7, 11) is 4.03. The zero-order chi connectivity index (χ0) is 26.8. The van der Waals surface area contributed by atoms with Crippen molar-refractivity contribution in [2.24, 2.45) is 7.05 Å². The first kappa shape index (κ1) is 25.7. The Morgan fingerprint density at radius 3 is 2.50 bits per heavy atom. The second-order valence-electron chi connectivity index (χ2n) is 9.53. The van der Waals surface area contributed by atoms with Crippen LogP contribution in [0.3, 0.4) is 0 Å². The van der Waals surface area contributed by atoms with Crippen LogP contribution in [0.15, 0.2) is 66.7 Å². The number of hydrogen-bond acceptors (Lipinski definition) is 7. The van der Waals surface area contributed by atoms with Crippen LogP contribution in [0.4, 0.5) is 10.5 Å². The molecule has 1 aliphatic heterocycles. The molecule has 1 atom stereocenters. The fraction of sp³-hybridized carbons (Fsp3) is 0.276. The Bertz CT molecular complexity index is 1480. The van der Waals surface area contributed by atoms with Crippen molar-refractivity contribution in [2.45, 2.75) is 38.2 Å². The number of benzene rings is 3. The average Bonchev–Trinajstić information content (AvgIpc) is 3.40. The maximum atomic E-state index is 11.8. The second-order valence-corrected chi connectivity index (χ2v) is 10.7. The number of rotatable bonds is 9. The Morgan fingerprint density at radius 2 is 1.79 bits per heavy atom. The summed E-state index contributed by atoms with van der Waals surface area (Å²) in [6.07, 6.45) is 0.496. The number of amides is 2. The van der Waals surface area contributed by atoms with Gasteiger partial charge in [-0.3, -0.25) is 14.9 Å². The van der Waals surface area contributed by atoms with Crippen molar-refractivity contribution in [3.05, 3.63) is 78.1 Å². The zero-order valence-electron chi connectivity index (χ0n) is 21.8. The smallest absolute Gasteiger partial charge is 0.286 e. The minimum Gasteiger partial charge on any atom is -0.486 e. The maximum Gasteiger partial charge on any atom is 0.286 e. The molecular weight excluding hydrogens is 500 g/mol. The third-order valence-electron chi connectivity index (χ3n) is 6.67. The van der Waals surface area contributed by atoms with Gasteiger partial charge in [-0.25, -0.2) is 4.98 Å². The van der Waals surface area contributed by atoms with E-state index in [9.17, 15) is 9.59 Å². The van der Waals surface area contributed by atoms with Gasteiger partial charge in [0, 0.05) is 26.2 Å². The summed E-state index contributed by atoms with van der Waals surface area (Å²) in [6, 6.07) is 21.8. The Balaban J connectivity index is 1.26. The number of carbonyl (C=O) groups excluding carboxylic acids is 2. The second kappa shape index (κ2) is 10.8. The quantitative estimate of drug-likeness (QED) is 0.298. The van der Waals surface area contributed by atoms with Gasteiger partial charge in [0.15, 0.2) is 5.75 Å². The lowest BCUT2D eigenvalue weighted by Gasteiger charge is -2.26. The summed E-state index contributed by atoms with van der Waals surface area (Å²) in [4.78, 5) is 30.1. The molecule has 4 aromatic rings. The van der Waals surface area contributed by atoms with Gasteiger partial charge in [-0.15, -0.1) is 0 Å². The highest BCUT2D eigenvalue weighted by atomic mass is 32.2. The van der Waals surface area contributed by atoms with Crippen LogP contribution < -0.4 is 19.7 Å². The molecule has 1 aliphatic rings. The molecule has 0 spiro atoms. The van der Waals surface area contributed by atoms with E-state index in [4.69, 9.17) is 14.5 Å². The van der Waals surface area contributed by atoms with E-state index in [0.29, 0.717) is 24.8 Å². The number of nitrogens with zero attached hydrogens (tertiary/aromatic N) is 3. The number of nitrogens with one attached hydrogen (secondary N) is 1. The highest BCUT2D eigenvalue weighted by Gasteiger charge is 2.31. The van der Waals surface area contributed by atoms with Gasteiger partial charge in [0.05, 0.1) is 22.0 Å². The van der Waals surface area contributed by atoms with Crippen LogP contribution in [0.25, 0.3) is 11.0 Å². The van der Waals surface area contributed by atoms with Crippen molar-refractivity contribution in [2.75, 3.05) is 11.9 Å². The Labute approximate surface area is 225 Å². The van der Waals surface area contributed by atoms with Crippen molar-refractivity contribution < 1.29 is 19.1 Å². The number of aryl methyl sites for hydroxylation is 1. The standard InChI is InChI=1S/C29H30N4O4S/c1-18(2)32(3)23-7-5-6-8-25(23)37-21-13-14-22-24(16-21)33(4)27(30-22)17-36-20-11-9-19(10-12-20)15-26-28(34)31-29(35)38-26/h5-14,16,18,26H,15,17H2,1-4H3,(H,31,34,35). The normalized spacial score (nSPS) is 15.2. The van der Waals surface area contributed by atoms with Crippen molar-refractivity contribution >= 4 is 39.6 Å². The Kier molecular flexibility index (Phi) is 7.28. The number of para-hydroxylation sites is 2. The molecule has 1 N–H and O–H groups in total.